The molecule has 0 aromatic carbocycles. The highest BCUT2D eigenvalue weighted by molar-refractivity contribution is 5.84. The minimum atomic E-state index is -0.345. The highest BCUT2D eigenvalue weighted by Crippen LogP contribution is 2.19. The number of aryl methyl sites for hydroxylation is 1. The first-order chi connectivity index (χ1) is 9.40. The number of carbonyl (C=O) groups excluding carboxylic acids is 1. The Balaban J connectivity index is 2.93. The number of amides is 1. The Morgan fingerprint density at radius 1 is 1.40 bits per heavy atom. The molecule has 0 bridgehead atoms. The number of hydrogen-bond donors (Lipinski definition) is 2. The summed E-state index contributed by atoms with van der Waals surface area (Å²) in [6, 6.07) is -0.345. The van der Waals surface area contributed by atoms with Crippen molar-refractivity contribution in [2.45, 2.75) is 46.6 Å². The van der Waals surface area contributed by atoms with E-state index in [0.29, 0.717) is 24.0 Å². The van der Waals surface area contributed by atoms with Gasteiger partial charge in [-0.2, -0.15) is 0 Å². The molecule has 1 rings (SSSR count). The molecule has 1 aromatic rings. The second-order valence-electron chi connectivity index (χ2n) is 4.97. The van der Waals surface area contributed by atoms with Gasteiger partial charge in [0.1, 0.15) is 23.5 Å². The fraction of sp³-hybridized carbons (Fsp3) is 0.643. The van der Waals surface area contributed by atoms with E-state index in [0.717, 1.165) is 18.4 Å². The van der Waals surface area contributed by atoms with Crippen LogP contribution in [-0.2, 0) is 11.2 Å². The minimum Gasteiger partial charge on any atom is -0.383 e. The molecule has 0 aliphatic carbocycles. The number of hydrogen-bond acceptors (Lipinski definition) is 5. The summed E-state index contributed by atoms with van der Waals surface area (Å²) in [7, 11) is 1.78. The Morgan fingerprint density at radius 3 is 2.60 bits per heavy atom. The number of rotatable bonds is 6. The summed E-state index contributed by atoms with van der Waals surface area (Å²) in [6.07, 6.45) is 1.73. The van der Waals surface area contributed by atoms with Crippen LogP contribution >= 0.6 is 0 Å². The largest absolute Gasteiger partial charge is 0.383 e. The van der Waals surface area contributed by atoms with Gasteiger partial charge >= 0.3 is 0 Å². The SMILES string of the molecule is CCCc1nc(N)c(C)c(NC(C)C(=O)N(C)CC)n1. The van der Waals surface area contributed by atoms with Gasteiger partial charge in [0.25, 0.3) is 0 Å². The second-order valence-corrected chi connectivity index (χ2v) is 4.97. The van der Waals surface area contributed by atoms with E-state index in [1.165, 1.54) is 0 Å². The molecule has 112 valence electrons. The van der Waals surface area contributed by atoms with Crippen LogP contribution < -0.4 is 11.1 Å². The molecule has 1 amide bonds. The lowest BCUT2D eigenvalue weighted by Crippen LogP contribution is -2.39. The molecule has 0 fully saturated rings. The van der Waals surface area contributed by atoms with Crippen LogP contribution in [0, 0.1) is 6.92 Å². The van der Waals surface area contributed by atoms with E-state index in [9.17, 15) is 4.79 Å². The molecule has 1 aromatic heterocycles. The highest BCUT2D eigenvalue weighted by Gasteiger charge is 2.18. The number of anilines is 2. The fourth-order valence-corrected chi connectivity index (χ4v) is 1.81. The van der Waals surface area contributed by atoms with Gasteiger partial charge in [-0.1, -0.05) is 6.92 Å². The molecule has 0 aliphatic rings. The predicted molar refractivity (Wildman–Crippen MR) is 81.6 cm³/mol. The lowest BCUT2D eigenvalue weighted by molar-refractivity contribution is -0.130. The van der Waals surface area contributed by atoms with Crippen LogP contribution in [0.2, 0.25) is 0 Å². The lowest BCUT2D eigenvalue weighted by Gasteiger charge is -2.22. The summed E-state index contributed by atoms with van der Waals surface area (Å²) in [4.78, 5) is 22.5. The minimum absolute atomic E-state index is 0.0288. The Morgan fingerprint density at radius 2 is 2.05 bits per heavy atom. The standard InChI is InChI=1S/C14H25N5O/c1-6-8-11-17-12(15)9(3)13(18-11)16-10(4)14(20)19(5)7-2/h10H,6-8H2,1-5H3,(H3,15,16,17,18). The molecule has 0 saturated heterocycles. The first kappa shape index (κ1) is 16.2. The third-order valence-corrected chi connectivity index (χ3v) is 3.28. The van der Waals surface area contributed by atoms with Gasteiger partial charge in [0.2, 0.25) is 5.91 Å². The maximum absolute atomic E-state index is 12.1. The number of nitrogens with one attached hydrogen (secondary N) is 1. The van der Waals surface area contributed by atoms with Crippen molar-refractivity contribution >= 4 is 17.5 Å². The summed E-state index contributed by atoms with van der Waals surface area (Å²) >= 11 is 0. The summed E-state index contributed by atoms with van der Waals surface area (Å²) in [5.41, 5.74) is 6.68. The first-order valence-electron chi connectivity index (χ1n) is 7.05. The van der Waals surface area contributed by atoms with Gasteiger partial charge in [-0.25, -0.2) is 9.97 Å². The van der Waals surface area contributed by atoms with Crippen molar-refractivity contribution in [1.29, 1.82) is 0 Å². The number of likely N-dealkylation sites (N-methyl/N-ethyl adjacent to an activating group) is 1. The van der Waals surface area contributed by atoms with Gasteiger partial charge in [0.15, 0.2) is 0 Å². The van der Waals surface area contributed by atoms with E-state index in [4.69, 9.17) is 5.73 Å². The van der Waals surface area contributed by atoms with E-state index in [-0.39, 0.29) is 11.9 Å². The Hall–Kier alpha value is -1.85. The molecule has 6 nitrogen and oxygen atoms in total. The average Bonchev–Trinajstić information content (AvgIpc) is 2.42. The average molecular weight is 279 g/mol. The molecular formula is C14H25N5O. The molecule has 20 heavy (non-hydrogen) atoms. The number of nitrogen functional groups attached to an aromatic ring is 1. The van der Waals surface area contributed by atoms with Crippen molar-refractivity contribution in [3.05, 3.63) is 11.4 Å². The fourth-order valence-electron chi connectivity index (χ4n) is 1.81. The molecule has 0 radical (unpaired) electrons. The van der Waals surface area contributed by atoms with Crippen molar-refractivity contribution in [2.24, 2.45) is 0 Å². The summed E-state index contributed by atoms with van der Waals surface area (Å²) in [6.45, 7) is 8.36. The molecule has 0 saturated carbocycles. The normalized spacial score (nSPS) is 12.1. The number of carbonyl (C=O) groups is 1. The third-order valence-electron chi connectivity index (χ3n) is 3.28. The second kappa shape index (κ2) is 7.07. The maximum Gasteiger partial charge on any atom is 0.244 e. The van der Waals surface area contributed by atoms with E-state index >= 15 is 0 Å². The van der Waals surface area contributed by atoms with Crippen LogP contribution in [0.15, 0.2) is 0 Å². The molecular weight excluding hydrogens is 254 g/mol. The van der Waals surface area contributed by atoms with Gasteiger partial charge in [0, 0.05) is 25.6 Å². The Labute approximate surface area is 120 Å². The van der Waals surface area contributed by atoms with E-state index in [2.05, 4.69) is 22.2 Å². The quantitative estimate of drug-likeness (QED) is 0.826. The van der Waals surface area contributed by atoms with Gasteiger partial charge in [-0.15, -0.1) is 0 Å². The summed E-state index contributed by atoms with van der Waals surface area (Å²) in [5, 5.41) is 3.14. The zero-order valence-corrected chi connectivity index (χ0v) is 13.0. The van der Waals surface area contributed by atoms with Crippen LogP contribution in [-0.4, -0.2) is 40.4 Å². The van der Waals surface area contributed by atoms with Crippen molar-refractivity contribution in [1.82, 2.24) is 14.9 Å². The zero-order chi connectivity index (χ0) is 15.3. The molecule has 1 unspecified atom stereocenters. The third kappa shape index (κ3) is 3.82. The van der Waals surface area contributed by atoms with Gasteiger partial charge in [-0.3, -0.25) is 4.79 Å². The molecule has 6 heteroatoms. The zero-order valence-electron chi connectivity index (χ0n) is 13.0. The summed E-state index contributed by atoms with van der Waals surface area (Å²) < 4.78 is 0. The lowest BCUT2D eigenvalue weighted by atomic mass is 10.2. The number of nitrogens with zero attached hydrogens (tertiary/aromatic N) is 3. The molecule has 3 N–H and O–H groups in total. The van der Waals surface area contributed by atoms with Crippen LogP contribution in [0.5, 0.6) is 0 Å². The summed E-state index contributed by atoms with van der Waals surface area (Å²) in [5.74, 6) is 1.85. The topological polar surface area (TPSA) is 84.1 Å². The highest BCUT2D eigenvalue weighted by atomic mass is 16.2. The molecule has 1 heterocycles. The number of nitrogens with two attached hydrogens (primary N) is 1. The monoisotopic (exact) mass is 279 g/mol. The van der Waals surface area contributed by atoms with E-state index < -0.39 is 0 Å². The molecule has 0 spiro atoms. The van der Waals surface area contributed by atoms with Crippen molar-refractivity contribution in [2.75, 3.05) is 24.6 Å². The van der Waals surface area contributed by atoms with Crippen LogP contribution in [0.4, 0.5) is 11.6 Å². The number of aromatic nitrogens is 2. The van der Waals surface area contributed by atoms with E-state index in [1.807, 2.05) is 20.8 Å². The van der Waals surface area contributed by atoms with E-state index in [1.54, 1.807) is 11.9 Å². The predicted octanol–water partition coefficient (Wildman–Crippen LogP) is 1.60. The van der Waals surface area contributed by atoms with Crippen LogP contribution in [0.3, 0.4) is 0 Å². The van der Waals surface area contributed by atoms with Gasteiger partial charge in [-0.05, 0) is 27.2 Å². The Bertz CT molecular complexity index is 475. The van der Waals surface area contributed by atoms with Gasteiger partial charge < -0.3 is 16.0 Å². The van der Waals surface area contributed by atoms with Gasteiger partial charge in [0.05, 0.1) is 0 Å². The van der Waals surface area contributed by atoms with Crippen molar-refractivity contribution < 1.29 is 4.79 Å². The van der Waals surface area contributed by atoms with Crippen LogP contribution in [0.25, 0.3) is 0 Å². The first-order valence-corrected chi connectivity index (χ1v) is 7.05. The van der Waals surface area contributed by atoms with Crippen molar-refractivity contribution in [3.8, 4) is 0 Å². The maximum atomic E-state index is 12.1. The molecule has 0 aliphatic heterocycles. The smallest absolute Gasteiger partial charge is 0.244 e. The Kier molecular flexibility index (Phi) is 5.73. The van der Waals surface area contributed by atoms with Crippen LogP contribution in [0.1, 0.15) is 38.6 Å². The molecule has 1 atom stereocenters. The van der Waals surface area contributed by atoms with Crippen molar-refractivity contribution in [3.63, 3.8) is 0 Å².